The summed E-state index contributed by atoms with van der Waals surface area (Å²) in [4.78, 5) is 26.4. The lowest BCUT2D eigenvalue weighted by Crippen LogP contribution is -2.43. The minimum absolute atomic E-state index is 0.188. The van der Waals surface area contributed by atoms with Gasteiger partial charge in [-0.3, -0.25) is 9.78 Å². The Labute approximate surface area is 202 Å². The van der Waals surface area contributed by atoms with Crippen molar-refractivity contribution in [3.05, 3.63) is 65.2 Å². The van der Waals surface area contributed by atoms with Gasteiger partial charge in [-0.2, -0.15) is 0 Å². The fourth-order valence-electron chi connectivity index (χ4n) is 4.47. The molecule has 1 amide bonds. The van der Waals surface area contributed by atoms with Crippen molar-refractivity contribution in [1.82, 2.24) is 15.3 Å². The largest absolute Gasteiger partial charge is 0.397 e. The number of nitrogens with two attached hydrogens (primary N) is 1. The van der Waals surface area contributed by atoms with E-state index < -0.39 is 0 Å². The molecule has 0 bridgehead atoms. The van der Waals surface area contributed by atoms with Crippen LogP contribution in [0.3, 0.4) is 0 Å². The molecule has 8 heteroatoms. The maximum atomic E-state index is 13.3. The molecule has 0 unspecified atom stereocenters. The van der Waals surface area contributed by atoms with E-state index in [1.165, 1.54) is 0 Å². The number of fused-ring (bicyclic) bond motifs is 1. The van der Waals surface area contributed by atoms with Crippen LogP contribution in [0.1, 0.15) is 34.7 Å². The van der Waals surface area contributed by atoms with Crippen LogP contribution < -0.4 is 21.3 Å². The van der Waals surface area contributed by atoms with Crippen molar-refractivity contribution in [2.24, 2.45) is 0 Å². The topological polar surface area (TPSA) is 96.2 Å². The minimum atomic E-state index is -0.188. The summed E-state index contributed by atoms with van der Waals surface area (Å²) < 4.78 is 0. The first kappa shape index (κ1) is 21.1. The van der Waals surface area contributed by atoms with Crippen LogP contribution in [0.15, 0.2) is 54.0 Å². The van der Waals surface area contributed by atoms with Crippen LogP contribution in [0.4, 0.5) is 17.2 Å². The molecule has 1 aliphatic heterocycles. The Morgan fingerprint density at radius 1 is 1.15 bits per heavy atom. The monoisotopic (exact) mass is 470 g/mol. The summed E-state index contributed by atoms with van der Waals surface area (Å²) in [5, 5.41) is 8.43. The normalized spacial score (nSPS) is 16.1. The number of benzene rings is 2. The number of nitrogen functional groups attached to an aromatic ring is 1. The van der Waals surface area contributed by atoms with Gasteiger partial charge in [0.15, 0.2) is 0 Å². The number of hydrogen-bond donors (Lipinski definition) is 3. The number of anilines is 3. The summed E-state index contributed by atoms with van der Waals surface area (Å²) in [5.41, 5.74) is 11.7. The third-order valence-electron chi connectivity index (χ3n) is 6.49. The lowest BCUT2D eigenvalue weighted by Gasteiger charge is -2.28. The summed E-state index contributed by atoms with van der Waals surface area (Å²) in [6.45, 7) is 3.74. The minimum Gasteiger partial charge on any atom is -0.397 e. The van der Waals surface area contributed by atoms with E-state index in [0.29, 0.717) is 22.9 Å². The van der Waals surface area contributed by atoms with Gasteiger partial charge in [0.05, 0.1) is 28.6 Å². The lowest BCUT2D eigenvalue weighted by atomic mass is 10.0. The Morgan fingerprint density at radius 3 is 2.76 bits per heavy atom. The number of hydrogen-bond acceptors (Lipinski definition) is 7. The summed E-state index contributed by atoms with van der Waals surface area (Å²) in [7, 11) is 0. The second-order valence-corrected chi connectivity index (χ2v) is 9.85. The van der Waals surface area contributed by atoms with Gasteiger partial charge < -0.3 is 21.3 Å². The molecule has 1 saturated carbocycles. The number of nitrogens with one attached hydrogen (secondary N) is 2. The predicted molar refractivity (Wildman–Crippen MR) is 139 cm³/mol. The van der Waals surface area contributed by atoms with Gasteiger partial charge in [0.1, 0.15) is 5.82 Å². The third kappa shape index (κ3) is 4.10. The van der Waals surface area contributed by atoms with Crippen LogP contribution in [0.2, 0.25) is 0 Å². The van der Waals surface area contributed by atoms with E-state index >= 15 is 0 Å². The van der Waals surface area contributed by atoms with E-state index in [2.05, 4.69) is 21.6 Å². The van der Waals surface area contributed by atoms with Gasteiger partial charge in [0.25, 0.3) is 5.91 Å². The molecule has 2 aromatic carbocycles. The Morgan fingerprint density at radius 2 is 2.00 bits per heavy atom. The molecule has 6 rings (SSSR count). The maximum absolute atomic E-state index is 13.3. The molecular weight excluding hydrogens is 444 g/mol. The van der Waals surface area contributed by atoms with E-state index in [1.807, 2.05) is 48.0 Å². The van der Waals surface area contributed by atoms with Crippen LogP contribution >= 0.6 is 11.3 Å². The van der Waals surface area contributed by atoms with Crippen molar-refractivity contribution in [2.45, 2.75) is 18.8 Å². The number of amides is 1. The molecule has 1 aliphatic carbocycles. The molecule has 4 aromatic rings. The van der Waals surface area contributed by atoms with Crippen molar-refractivity contribution >= 4 is 45.5 Å². The number of rotatable bonds is 5. The molecule has 34 heavy (non-hydrogen) atoms. The molecule has 2 aromatic heterocycles. The first-order valence-electron chi connectivity index (χ1n) is 11.7. The zero-order valence-corrected chi connectivity index (χ0v) is 19.6. The summed E-state index contributed by atoms with van der Waals surface area (Å²) in [6.07, 6.45) is 4.07. The Kier molecular flexibility index (Phi) is 5.39. The SMILES string of the molecule is Nc1ccc(-c2cccs2)cc1NC(=O)c1cc(C2CC2)c2nc(N3CCNCC3)cnc2c1. The first-order valence-corrected chi connectivity index (χ1v) is 12.5. The Bertz CT molecular complexity index is 1360. The van der Waals surface area contributed by atoms with Gasteiger partial charge in [-0.25, -0.2) is 4.98 Å². The highest BCUT2D eigenvalue weighted by molar-refractivity contribution is 7.13. The van der Waals surface area contributed by atoms with Crippen LogP contribution in [-0.2, 0) is 0 Å². The standard InChI is InChI=1S/C26H26N6OS/c27-20-6-5-17(23-2-1-11-34-23)13-21(20)30-26(33)18-12-19(16-3-4-16)25-22(14-18)29-15-24(31-25)32-9-7-28-8-10-32/h1-2,5-6,11-16,28H,3-4,7-10,27H2,(H,30,33). The molecule has 7 nitrogen and oxygen atoms in total. The van der Waals surface area contributed by atoms with E-state index in [4.69, 9.17) is 15.7 Å². The Balaban J connectivity index is 1.33. The summed E-state index contributed by atoms with van der Waals surface area (Å²) >= 11 is 1.66. The average Bonchev–Trinajstić information content (AvgIpc) is 3.58. The first-order chi connectivity index (χ1) is 16.7. The van der Waals surface area contributed by atoms with Crippen LogP contribution in [0, 0.1) is 0 Å². The highest BCUT2D eigenvalue weighted by Gasteiger charge is 2.28. The molecule has 4 N–H and O–H groups in total. The maximum Gasteiger partial charge on any atom is 0.255 e. The number of carbonyl (C=O) groups is 1. The zero-order chi connectivity index (χ0) is 23.1. The number of carbonyl (C=O) groups excluding carboxylic acids is 1. The summed E-state index contributed by atoms with van der Waals surface area (Å²) in [5.74, 6) is 1.16. The van der Waals surface area contributed by atoms with Gasteiger partial charge in [-0.05, 0) is 65.6 Å². The molecule has 2 fully saturated rings. The molecular formula is C26H26N6OS. The predicted octanol–water partition coefficient (Wildman–Crippen LogP) is 4.48. The van der Waals surface area contributed by atoms with E-state index in [-0.39, 0.29) is 5.91 Å². The van der Waals surface area contributed by atoms with Crippen LogP contribution in [0.5, 0.6) is 0 Å². The number of aromatic nitrogens is 2. The molecule has 0 atom stereocenters. The fourth-order valence-corrected chi connectivity index (χ4v) is 5.19. The van der Waals surface area contributed by atoms with Crippen LogP contribution in [-0.4, -0.2) is 42.1 Å². The lowest BCUT2D eigenvalue weighted by molar-refractivity contribution is 0.102. The molecule has 2 aliphatic rings. The van der Waals surface area contributed by atoms with Gasteiger partial charge in [-0.15, -0.1) is 11.3 Å². The number of thiophene rings is 1. The highest BCUT2D eigenvalue weighted by atomic mass is 32.1. The fraction of sp³-hybridized carbons (Fsp3) is 0.269. The molecule has 0 spiro atoms. The average molecular weight is 471 g/mol. The molecule has 172 valence electrons. The highest BCUT2D eigenvalue weighted by Crippen LogP contribution is 2.43. The molecule has 1 saturated heterocycles. The number of piperazine rings is 1. The second kappa shape index (κ2) is 8.70. The van der Waals surface area contributed by atoms with Gasteiger partial charge in [0, 0.05) is 36.6 Å². The smallest absolute Gasteiger partial charge is 0.255 e. The summed E-state index contributed by atoms with van der Waals surface area (Å²) in [6, 6.07) is 13.6. The quantitative estimate of drug-likeness (QED) is 0.372. The van der Waals surface area contributed by atoms with Gasteiger partial charge in [0.2, 0.25) is 0 Å². The van der Waals surface area contributed by atoms with E-state index in [1.54, 1.807) is 11.3 Å². The van der Waals surface area contributed by atoms with Crippen molar-refractivity contribution in [3.8, 4) is 10.4 Å². The van der Waals surface area contributed by atoms with E-state index in [0.717, 1.165) is 71.9 Å². The van der Waals surface area contributed by atoms with Gasteiger partial charge in [-0.1, -0.05) is 12.1 Å². The van der Waals surface area contributed by atoms with Crippen molar-refractivity contribution < 1.29 is 4.79 Å². The van der Waals surface area contributed by atoms with Crippen molar-refractivity contribution in [2.75, 3.05) is 42.1 Å². The molecule has 3 heterocycles. The zero-order valence-electron chi connectivity index (χ0n) is 18.8. The van der Waals surface area contributed by atoms with Crippen molar-refractivity contribution in [1.29, 1.82) is 0 Å². The van der Waals surface area contributed by atoms with E-state index in [9.17, 15) is 4.79 Å². The van der Waals surface area contributed by atoms with Crippen LogP contribution in [0.25, 0.3) is 21.5 Å². The Hall–Kier alpha value is -3.49. The number of nitrogens with zero attached hydrogens (tertiary/aromatic N) is 3. The third-order valence-corrected chi connectivity index (χ3v) is 7.41. The van der Waals surface area contributed by atoms with Crippen molar-refractivity contribution in [3.63, 3.8) is 0 Å². The van der Waals surface area contributed by atoms with Gasteiger partial charge >= 0.3 is 0 Å². The second-order valence-electron chi connectivity index (χ2n) is 8.91. The molecule has 0 radical (unpaired) electrons.